The molecule has 0 bridgehead atoms. The van der Waals surface area contributed by atoms with E-state index in [1.54, 1.807) is 7.11 Å². The van der Waals surface area contributed by atoms with Gasteiger partial charge in [0.2, 0.25) is 7.12 Å². The lowest BCUT2D eigenvalue weighted by atomic mass is 9.95. The summed E-state index contributed by atoms with van der Waals surface area (Å²) in [4.78, 5) is 10.5. The molecule has 0 saturated carbocycles. The van der Waals surface area contributed by atoms with Crippen molar-refractivity contribution < 1.29 is 13.7 Å². The number of hydrogen-bond acceptors (Lipinski definition) is 4. The normalized spacial score (nSPS) is 17.8. The van der Waals surface area contributed by atoms with Crippen molar-refractivity contribution in [3.63, 3.8) is 0 Å². The van der Waals surface area contributed by atoms with E-state index in [0.717, 1.165) is 18.2 Å². The van der Waals surface area contributed by atoms with Crippen LogP contribution in [0.5, 0.6) is 0 Å². The van der Waals surface area contributed by atoms with E-state index in [2.05, 4.69) is 0 Å². The second-order valence-electron chi connectivity index (χ2n) is 3.05. The van der Waals surface area contributed by atoms with E-state index in [9.17, 15) is 4.79 Å². The van der Waals surface area contributed by atoms with Crippen LogP contribution in [0.4, 0.5) is 0 Å². The third-order valence-electron chi connectivity index (χ3n) is 1.96. The molecule has 0 rings (SSSR count). The molecule has 0 heterocycles. The van der Waals surface area contributed by atoms with Crippen LogP contribution in [0.2, 0.25) is 0 Å². The highest BCUT2D eigenvalue weighted by atomic mass is 32.2. The predicted molar refractivity (Wildman–Crippen MR) is 54.5 cm³/mol. The van der Waals surface area contributed by atoms with E-state index in [-0.39, 0.29) is 17.9 Å². The monoisotopic (exact) mass is 202 g/mol. The zero-order chi connectivity index (χ0) is 10.3. The molecule has 13 heavy (non-hydrogen) atoms. The number of carbonyl (C=O) groups is 1. The molecule has 0 aliphatic rings. The van der Waals surface area contributed by atoms with E-state index in [4.69, 9.17) is 16.0 Å². The molecule has 3 unspecified atom stereocenters. The van der Waals surface area contributed by atoms with Crippen LogP contribution in [0.25, 0.3) is 0 Å². The summed E-state index contributed by atoms with van der Waals surface area (Å²) in [6, 6.07) is 0. The Kier molecular flexibility index (Phi) is 7.42. The lowest BCUT2D eigenvalue weighted by Crippen LogP contribution is -2.31. The molecule has 0 amide bonds. The van der Waals surface area contributed by atoms with E-state index >= 15 is 0 Å². The molecular weight excluding hydrogens is 187 g/mol. The summed E-state index contributed by atoms with van der Waals surface area (Å²) >= 11 is 0.833. The van der Waals surface area contributed by atoms with Crippen LogP contribution in [0.15, 0.2) is 0 Å². The van der Waals surface area contributed by atoms with Crippen LogP contribution in [-0.2, 0) is 13.7 Å². The van der Waals surface area contributed by atoms with Crippen molar-refractivity contribution in [3.05, 3.63) is 0 Å². The van der Waals surface area contributed by atoms with Gasteiger partial charge >= 0.3 is 0 Å². The van der Waals surface area contributed by atoms with Crippen molar-refractivity contribution in [1.82, 2.24) is 0 Å². The third kappa shape index (κ3) is 4.69. The minimum Gasteiger partial charge on any atom is -0.380 e. The number of carbonyl (C=O) groups excluding carboxylic acids is 1. The summed E-state index contributed by atoms with van der Waals surface area (Å²) in [5.74, 6) is 0.0348. The number of methoxy groups -OCH3 is 1. The fourth-order valence-electron chi connectivity index (χ4n) is 1.28. The standard InChI is InChI=1S/C8H15BO3S/c1-6(4-10)8(11-3)7(2)5-12-13-9/h4,6-8H,5H2,1-3H3. The van der Waals surface area contributed by atoms with Gasteiger partial charge in [0.05, 0.1) is 12.7 Å². The van der Waals surface area contributed by atoms with Gasteiger partial charge in [0.25, 0.3) is 0 Å². The van der Waals surface area contributed by atoms with Gasteiger partial charge in [0.1, 0.15) is 6.29 Å². The van der Waals surface area contributed by atoms with Crippen LogP contribution >= 0.6 is 11.9 Å². The molecule has 0 aromatic rings. The summed E-state index contributed by atoms with van der Waals surface area (Å²) < 4.78 is 10.2. The maximum Gasteiger partial charge on any atom is 0.203 e. The molecule has 2 radical (unpaired) electrons. The molecule has 0 fully saturated rings. The fraction of sp³-hybridized carbons (Fsp3) is 0.875. The molecule has 0 aliphatic heterocycles. The van der Waals surface area contributed by atoms with Gasteiger partial charge in [-0.25, -0.2) is 0 Å². The van der Waals surface area contributed by atoms with Crippen molar-refractivity contribution in [1.29, 1.82) is 0 Å². The molecular formula is C8H15BO3S. The Labute approximate surface area is 85.1 Å². The first kappa shape index (κ1) is 13.0. The second kappa shape index (κ2) is 7.41. The highest BCUT2D eigenvalue weighted by Crippen LogP contribution is 2.16. The molecule has 0 aromatic heterocycles. The second-order valence-corrected chi connectivity index (χ2v) is 3.48. The van der Waals surface area contributed by atoms with Gasteiger partial charge in [0, 0.05) is 18.9 Å². The van der Waals surface area contributed by atoms with Crippen molar-refractivity contribution in [2.75, 3.05) is 13.7 Å². The third-order valence-corrected chi connectivity index (χ3v) is 2.24. The summed E-state index contributed by atoms with van der Waals surface area (Å²) in [5.41, 5.74) is 0. The highest BCUT2D eigenvalue weighted by molar-refractivity contribution is 8.15. The van der Waals surface area contributed by atoms with Crippen molar-refractivity contribution in [2.45, 2.75) is 20.0 Å². The van der Waals surface area contributed by atoms with E-state index in [0.29, 0.717) is 6.61 Å². The van der Waals surface area contributed by atoms with Crippen molar-refractivity contribution in [2.24, 2.45) is 11.8 Å². The zero-order valence-electron chi connectivity index (χ0n) is 8.23. The minimum absolute atomic E-state index is 0.107. The Bertz CT molecular complexity index is 145. The van der Waals surface area contributed by atoms with Gasteiger partial charge < -0.3 is 13.7 Å². The molecule has 0 aromatic carbocycles. The Balaban J connectivity index is 3.97. The molecule has 3 atom stereocenters. The largest absolute Gasteiger partial charge is 0.380 e. The molecule has 0 aliphatic carbocycles. The number of rotatable bonds is 7. The summed E-state index contributed by atoms with van der Waals surface area (Å²) in [6.07, 6.45) is 0.782. The van der Waals surface area contributed by atoms with E-state index in [1.807, 2.05) is 13.8 Å². The van der Waals surface area contributed by atoms with Crippen LogP contribution in [0.1, 0.15) is 13.8 Å². The van der Waals surface area contributed by atoms with E-state index in [1.165, 1.54) is 0 Å². The first-order valence-corrected chi connectivity index (χ1v) is 4.94. The highest BCUT2D eigenvalue weighted by Gasteiger charge is 2.22. The molecule has 0 spiro atoms. The quantitative estimate of drug-likeness (QED) is 0.353. The Morgan fingerprint density at radius 3 is 2.54 bits per heavy atom. The first-order chi connectivity index (χ1) is 6.17. The zero-order valence-corrected chi connectivity index (χ0v) is 9.04. The first-order valence-electron chi connectivity index (χ1n) is 4.13. The van der Waals surface area contributed by atoms with Crippen LogP contribution in [0.3, 0.4) is 0 Å². The number of aldehydes is 1. The molecule has 5 heteroatoms. The molecule has 3 nitrogen and oxygen atoms in total. The topological polar surface area (TPSA) is 35.5 Å². The Morgan fingerprint density at radius 2 is 2.15 bits per heavy atom. The molecule has 74 valence electrons. The van der Waals surface area contributed by atoms with Gasteiger partial charge in [-0.1, -0.05) is 25.7 Å². The maximum absolute atomic E-state index is 10.5. The predicted octanol–water partition coefficient (Wildman–Crippen LogP) is 1.22. The fourth-order valence-corrected chi connectivity index (χ4v) is 1.58. The molecule has 0 N–H and O–H groups in total. The summed E-state index contributed by atoms with van der Waals surface area (Å²) in [5, 5.41) is 0. The van der Waals surface area contributed by atoms with Gasteiger partial charge in [0.15, 0.2) is 0 Å². The van der Waals surface area contributed by atoms with Crippen LogP contribution in [0, 0.1) is 11.8 Å². The molecule has 0 saturated heterocycles. The number of ether oxygens (including phenoxy) is 1. The SMILES string of the molecule is [B]SOCC(C)C(OC)C(C)C=O. The van der Waals surface area contributed by atoms with E-state index < -0.39 is 0 Å². The lowest BCUT2D eigenvalue weighted by molar-refractivity contribution is -0.116. The van der Waals surface area contributed by atoms with Crippen LogP contribution in [-0.4, -0.2) is 33.2 Å². The van der Waals surface area contributed by atoms with Gasteiger partial charge in [-0.15, -0.1) is 0 Å². The summed E-state index contributed by atoms with van der Waals surface area (Å²) in [7, 11) is 6.71. The Hall–Kier alpha value is 0.00494. The van der Waals surface area contributed by atoms with Crippen molar-refractivity contribution >= 4 is 25.3 Å². The van der Waals surface area contributed by atoms with Gasteiger partial charge in [-0.2, -0.15) is 0 Å². The van der Waals surface area contributed by atoms with Crippen molar-refractivity contribution in [3.8, 4) is 0 Å². The summed E-state index contributed by atoms with van der Waals surface area (Å²) in [6.45, 7) is 4.27. The minimum atomic E-state index is -0.119. The Morgan fingerprint density at radius 1 is 1.54 bits per heavy atom. The van der Waals surface area contributed by atoms with Crippen LogP contribution < -0.4 is 0 Å². The van der Waals surface area contributed by atoms with Gasteiger partial charge in [-0.3, -0.25) is 0 Å². The smallest absolute Gasteiger partial charge is 0.203 e. The average molecular weight is 202 g/mol. The maximum atomic E-state index is 10.5. The average Bonchev–Trinajstić information content (AvgIpc) is 2.15. The lowest BCUT2D eigenvalue weighted by Gasteiger charge is -2.24. The number of hydrogen-bond donors (Lipinski definition) is 0. The van der Waals surface area contributed by atoms with Gasteiger partial charge in [-0.05, 0) is 0 Å².